The lowest BCUT2D eigenvalue weighted by Crippen LogP contribution is -2.26. The second-order valence-corrected chi connectivity index (χ2v) is 11.6. The van der Waals surface area contributed by atoms with Crippen molar-refractivity contribution in [2.45, 2.75) is 66.0 Å². The van der Waals surface area contributed by atoms with E-state index in [2.05, 4.69) is 20.4 Å². The molecule has 1 aromatic heterocycles. The summed E-state index contributed by atoms with van der Waals surface area (Å²) >= 11 is 0. The quantitative estimate of drug-likeness (QED) is 0.180. The molecule has 0 radical (unpaired) electrons. The van der Waals surface area contributed by atoms with Crippen molar-refractivity contribution in [2.75, 3.05) is 26.2 Å². The Morgan fingerprint density at radius 2 is 1.14 bits per heavy atom. The smallest absolute Gasteiger partial charge is 0.317 e. The first kappa shape index (κ1) is 32.9. The summed E-state index contributed by atoms with van der Waals surface area (Å²) in [6.07, 6.45) is 1.85. The molecule has 0 atom stereocenters. The molecule has 0 unspecified atom stereocenters. The second kappa shape index (κ2) is 15.6. The number of phenolic OH excluding ortho intramolecular Hbond substituents is 2. The predicted molar refractivity (Wildman–Crippen MR) is 166 cm³/mol. The van der Waals surface area contributed by atoms with Gasteiger partial charge >= 0.3 is 11.9 Å². The number of nitrogens with zero attached hydrogens (tertiary/aromatic N) is 3. The Balaban J connectivity index is 1.48. The Labute approximate surface area is 258 Å². The normalized spacial score (nSPS) is 14.7. The van der Waals surface area contributed by atoms with Crippen molar-refractivity contribution in [3.63, 3.8) is 0 Å². The molecular formula is C33H43N5O6. The molecule has 11 nitrogen and oxygen atoms in total. The van der Waals surface area contributed by atoms with E-state index in [0.717, 1.165) is 59.6 Å². The van der Waals surface area contributed by atoms with Gasteiger partial charge in [0.2, 0.25) is 0 Å². The van der Waals surface area contributed by atoms with E-state index in [1.54, 1.807) is 0 Å². The first-order valence-electron chi connectivity index (χ1n) is 14.9. The Kier molecular flexibility index (Phi) is 11.7. The van der Waals surface area contributed by atoms with Gasteiger partial charge in [-0.3, -0.25) is 24.4 Å². The number of aliphatic carboxylic acids is 2. The van der Waals surface area contributed by atoms with Crippen LogP contribution in [0.15, 0.2) is 42.5 Å². The number of hydrogen-bond acceptors (Lipinski definition) is 9. The van der Waals surface area contributed by atoms with Gasteiger partial charge in [0.15, 0.2) is 0 Å². The van der Waals surface area contributed by atoms with Gasteiger partial charge in [-0.15, -0.1) is 0 Å². The average Bonchev–Trinajstić information content (AvgIpc) is 2.97. The fourth-order valence-electron chi connectivity index (χ4n) is 5.73. The Hall–Kier alpha value is -4.03. The fraction of sp³-hybridized carbons (Fsp3) is 0.424. The summed E-state index contributed by atoms with van der Waals surface area (Å²) in [5.74, 6) is -1.52. The van der Waals surface area contributed by atoms with Crippen LogP contribution in [0, 0.1) is 13.8 Å². The summed E-state index contributed by atoms with van der Waals surface area (Å²) in [5.41, 5.74) is 6.82. The summed E-state index contributed by atoms with van der Waals surface area (Å²) in [6.45, 7) is 8.03. The van der Waals surface area contributed by atoms with Gasteiger partial charge in [-0.2, -0.15) is 0 Å². The number of hydrogen-bond donors (Lipinski definition) is 6. The molecule has 1 aliphatic heterocycles. The maximum Gasteiger partial charge on any atom is 0.317 e. The molecule has 0 spiro atoms. The van der Waals surface area contributed by atoms with E-state index in [-0.39, 0.29) is 37.7 Å². The number of rotatable bonds is 12. The molecule has 3 aromatic rings. The van der Waals surface area contributed by atoms with Crippen molar-refractivity contribution in [1.82, 2.24) is 25.4 Å². The van der Waals surface area contributed by atoms with E-state index >= 15 is 0 Å². The number of aryl methyl sites for hydroxylation is 2. The highest BCUT2D eigenvalue weighted by molar-refractivity contribution is 5.69. The van der Waals surface area contributed by atoms with Gasteiger partial charge in [0.25, 0.3) is 0 Å². The van der Waals surface area contributed by atoms with Gasteiger partial charge in [0, 0.05) is 61.5 Å². The molecule has 0 saturated carbocycles. The number of phenols is 2. The van der Waals surface area contributed by atoms with Gasteiger partial charge in [-0.05, 0) is 51.9 Å². The molecule has 2 aromatic carbocycles. The Bertz CT molecular complexity index is 1360. The third kappa shape index (κ3) is 9.75. The number of carbonyl (C=O) groups is 2. The molecule has 11 heteroatoms. The SMILES string of the molecule is Cc1cc(CNCC(=O)O)c(O)c(CN2CCCCN(Cc3cc(C)cc(CNCC(=O)O)c3O)Cc3cccc(n3)C2)c1. The van der Waals surface area contributed by atoms with E-state index in [4.69, 9.17) is 15.2 Å². The van der Waals surface area contributed by atoms with Gasteiger partial charge in [-0.1, -0.05) is 41.5 Å². The third-order valence-corrected chi connectivity index (χ3v) is 7.63. The topological polar surface area (TPSA) is 158 Å². The monoisotopic (exact) mass is 605 g/mol. The number of carboxylic acids is 2. The molecule has 2 heterocycles. The summed E-state index contributed by atoms with van der Waals surface area (Å²) in [7, 11) is 0. The number of aromatic hydroxyl groups is 2. The van der Waals surface area contributed by atoms with E-state index in [0.29, 0.717) is 37.3 Å². The highest BCUT2D eigenvalue weighted by atomic mass is 16.4. The number of nitrogens with one attached hydrogen (secondary N) is 2. The molecule has 0 saturated heterocycles. The van der Waals surface area contributed by atoms with Crippen LogP contribution in [0.25, 0.3) is 0 Å². The van der Waals surface area contributed by atoms with Crippen molar-refractivity contribution < 1.29 is 30.0 Å². The summed E-state index contributed by atoms with van der Waals surface area (Å²) in [6, 6.07) is 13.7. The van der Waals surface area contributed by atoms with E-state index in [9.17, 15) is 19.8 Å². The minimum atomic E-state index is -0.945. The maximum absolute atomic E-state index is 11.0. The second-order valence-electron chi connectivity index (χ2n) is 11.6. The average molecular weight is 606 g/mol. The van der Waals surface area contributed by atoms with Gasteiger partial charge in [0.05, 0.1) is 24.5 Å². The minimum absolute atomic E-state index is 0.178. The van der Waals surface area contributed by atoms with E-state index in [1.807, 2.05) is 56.3 Å². The van der Waals surface area contributed by atoms with Crippen LogP contribution >= 0.6 is 0 Å². The number of pyridine rings is 1. The zero-order valence-corrected chi connectivity index (χ0v) is 25.5. The molecule has 6 N–H and O–H groups in total. The molecular weight excluding hydrogens is 562 g/mol. The molecule has 4 rings (SSSR count). The largest absolute Gasteiger partial charge is 0.507 e. The zero-order chi connectivity index (χ0) is 31.6. The minimum Gasteiger partial charge on any atom is -0.507 e. The lowest BCUT2D eigenvalue weighted by atomic mass is 10.0. The highest BCUT2D eigenvalue weighted by Crippen LogP contribution is 2.28. The lowest BCUT2D eigenvalue weighted by molar-refractivity contribution is -0.137. The zero-order valence-electron chi connectivity index (χ0n) is 25.5. The molecule has 0 aliphatic carbocycles. The van der Waals surface area contributed by atoms with E-state index in [1.165, 1.54) is 0 Å². The van der Waals surface area contributed by atoms with Crippen LogP contribution < -0.4 is 10.6 Å². The number of carboxylic acid groups (broad SMARTS) is 2. The van der Waals surface area contributed by atoms with Crippen LogP contribution in [-0.4, -0.2) is 73.3 Å². The fourth-order valence-corrected chi connectivity index (χ4v) is 5.73. The van der Waals surface area contributed by atoms with Crippen LogP contribution in [0.1, 0.15) is 57.6 Å². The van der Waals surface area contributed by atoms with Crippen molar-refractivity contribution in [3.05, 3.63) is 87.2 Å². The van der Waals surface area contributed by atoms with Crippen LogP contribution in [0.5, 0.6) is 11.5 Å². The molecule has 0 amide bonds. The highest BCUT2D eigenvalue weighted by Gasteiger charge is 2.18. The first-order chi connectivity index (χ1) is 21.1. The summed E-state index contributed by atoms with van der Waals surface area (Å²) < 4.78 is 0. The summed E-state index contributed by atoms with van der Waals surface area (Å²) in [4.78, 5) is 31.4. The maximum atomic E-state index is 11.0. The van der Waals surface area contributed by atoms with Crippen LogP contribution in [0.2, 0.25) is 0 Å². The summed E-state index contributed by atoms with van der Waals surface area (Å²) in [5, 5.41) is 45.7. The van der Waals surface area contributed by atoms with Crippen LogP contribution in [0.4, 0.5) is 0 Å². The number of fused-ring (bicyclic) bond motifs is 2. The standard InChI is InChI=1S/C33H43N5O6/c1-22-10-24(14-34-16-30(39)40)32(43)26(12-22)18-37-8-3-4-9-38(21-29-7-5-6-28(20-37)36-29)19-27-13-23(2)11-25(33(27)44)15-35-17-31(41)42/h5-7,10-13,34-35,43-44H,3-4,8-9,14-21H2,1-2H3,(H,39,40)(H,41,42). The molecule has 236 valence electrons. The van der Waals surface area contributed by atoms with Gasteiger partial charge < -0.3 is 31.1 Å². The third-order valence-electron chi connectivity index (χ3n) is 7.63. The molecule has 0 fully saturated rings. The van der Waals surface area contributed by atoms with Crippen molar-refractivity contribution >= 4 is 11.9 Å². The lowest BCUT2D eigenvalue weighted by Gasteiger charge is -2.24. The Morgan fingerprint density at radius 3 is 1.55 bits per heavy atom. The predicted octanol–water partition coefficient (Wildman–Crippen LogP) is 3.26. The number of aromatic nitrogens is 1. The van der Waals surface area contributed by atoms with Crippen molar-refractivity contribution in [2.24, 2.45) is 0 Å². The van der Waals surface area contributed by atoms with Crippen LogP contribution in [-0.2, 0) is 48.9 Å². The Morgan fingerprint density at radius 1 is 0.727 bits per heavy atom. The van der Waals surface area contributed by atoms with E-state index < -0.39 is 11.9 Å². The van der Waals surface area contributed by atoms with Gasteiger partial charge in [0.1, 0.15) is 11.5 Å². The van der Waals surface area contributed by atoms with Gasteiger partial charge in [-0.25, -0.2) is 0 Å². The molecule has 2 bridgehead atoms. The van der Waals surface area contributed by atoms with Crippen molar-refractivity contribution in [1.29, 1.82) is 0 Å². The number of benzene rings is 2. The van der Waals surface area contributed by atoms with Crippen LogP contribution in [0.3, 0.4) is 0 Å². The van der Waals surface area contributed by atoms with Crippen molar-refractivity contribution in [3.8, 4) is 11.5 Å². The molecule has 44 heavy (non-hydrogen) atoms. The molecule has 1 aliphatic rings. The first-order valence-corrected chi connectivity index (χ1v) is 14.9.